The van der Waals surface area contributed by atoms with Crippen molar-refractivity contribution in [2.45, 2.75) is 13.0 Å². The fraction of sp³-hybridized carbons (Fsp3) is 0.0909. The predicted molar refractivity (Wildman–Crippen MR) is 96.5 cm³/mol. The van der Waals surface area contributed by atoms with Crippen molar-refractivity contribution in [2.75, 3.05) is 0 Å². The molecule has 0 radical (unpaired) electrons. The van der Waals surface area contributed by atoms with Crippen LogP contribution < -0.4 is 28.7 Å². The molecule has 0 aliphatic heterocycles. The first-order chi connectivity index (χ1) is 11.9. The number of hydrogen-bond donors (Lipinski definition) is 0. The molecular formula is C22H18Cl2OTi. The molecule has 1 aliphatic carbocycles. The minimum Gasteiger partial charge on any atom is -1.00 e. The van der Waals surface area contributed by atoms with Crippen molar-refractivity contribution in [3.63, 3.8) is 0 Å². The van der Waals surface area contributed by atoms with Gasteiger partial charge in [0.2, 0.25) is 0 Å². The third-order valence-corrected chi connectivity index (χ3v) is 5.91. The SMILES string of the molecule is C1=CCC(c2ccc3ccccc3[c]2[Ti+2][O]Cc2ccccc2)=C1.[Cl-].[Cl-]. The molecule has 0 heterocycles. The summed E-state index contributed by atoms with van der Waals surface area (Å²) in [6, 6.07) is 23.6. The molecule has 26 heavy (non-hydrogen) atoms. The van der Waals surface area contributed by atoms with E-state index >= 15 is 0 Å². The fourth-order valence-electron chi connectivity index (χ4n) is 3.06. The standard InChI is InChI=1S/C15H11.C7H7O.2ClH.Ti/c1-2-6-12(5-1)15-10-9-13-7-3-4-8-14(13)11-15;8-6-7-4-2-1-3-5-7;;;/h1-5,7-10H,6H2;1-5H,6H2;2*1H;/q;-1;;;+3/p-2. The molecule has 1 aliphatic rings. The van der Waals surface area contributed by atoms with Crippen LogP contribution in [0.3, 0.4) is 0 Å². The molecule has 4 rings (SSSR count). The van der Waals surface area contributed by atoms with Crippen molar-refractivity contribution < 1.29 is 47.7 Å². The van der Waals surface area contributed by atoms with Crippen molar-refractivity contribution in [1.82, 2.24) is 0 Å². The summed E-state index contributed by atoms with van der Waals surface area (Å²) >= 11 is -0.665. The first-order valence-corrected chi connectivity index (χ1v) is 9.63. The number of fused-ring (bicyclic) bond motifs is 1. The summed E-state index contributed by atoms with van der Waals surface area (Å²) in [4.78, 5) is 0. The van der Waals surface area contributed by atoms with Crippen molar-refractivity contribution in [3.05, 3.63) is 96.1 Å². The molecule has 130 valence electrons. The van der Waals surface area contributed by atoms with Crippen LogP contribution in [0, 0.1) is 0 Å². The Morgan fingerprint density at radius 2 is 1.62 bits per heavy atom. The van der Waals surface area contributed by atoms with Crippen molar-refractivity contribution in [3.8, 4) is 0 Å². The van der Waals surface area contributed by atoms with Crippen LogP contribution in [-0.4, -0.2) is 0 Å². The molecule has 3 aromatic rings. The van der Waals surface area contributed by atoms with Gasteiger partial charge in [0.05, 0.1) is 0 Å². The van der Waals surface area contributed by atoms with Gasteiger partial charge in [-0.1, -0.05) is 0 Å². The van der Waals surface area contributed by atoms with Gasteiger partial charge in [-0.15, -0.1) is 0 Å². The largest absolute Gasteiger partial charge is 1.00 e. The third kappa shape index (κ3) is 4.68. The molecule has 0 N–H and O–H groups in total. The Labute approximate surface area is 176 Å². The zero-order valence-electron chi connectivity index (χ0n) is 14.2. The molecule has 0 amide bonds. The molecule has 3 aromatic carbocycles. The molecule has 0 spiro atoms. The second-order valence-corrected chi connectivity index (χ2v) is 7.46. The van der Waals surface area contributed by atoms with E-state index in [-0.39, 0.29) is 24.8 Å². The Hall–Kier alpha value is -1.35. The summed E-state index contributed by atoms with van der Waals surface area (Å²) in [5, 5.41) is 2.64. The number of hydrogen-bond acceptors (Lipinski definition) is 1. The number of allylic oxidation sites excluding steroid dienone is 4. The van der Waals surface area contributed by atoms with Crippen LogP contribution in [0.15, 0.2) is 85.0 Å². The van der Waals surface area contributed by atoms with Crippen molar-refractivity contribution in [2.24, 2.45) is 0 Å². The molecule has 0 aromatic heterocycles. The van der Waals surface area contributed by atoms with Crippen LogP contribution in [0.25, 0.3) is 16.3 Å². The molecule has 0 fully saturated rings. The first kappa shape index (κ1) is 21.0. The molecule has 0 saturated carbocycles. The molecule has 0 saturated heterocycles. The van der Waals surface area contributed by atoms with E-state index in [0.717, 1.165) is 6.42 Å². The van der Waals surface area contributed by atoms with Gasteiger partial charge in [-0.25, -0.2) is 0 Å². The van der Waals surface area contributed by atoms with Gasteiger partial charge in [0, 0.05) is 0 Å². The van der Waals surface area contributed by atoms with Gasteiger partial charge in [0.1, 0.15) is 0 Å². The van der Waals surface area contributed by atoms with E-state index in [0.29, 0.717) is 6.61 Å². The van der Waals surface area contributed by atoms with Crippen LogP contribution in [0.1, 0.15) is 17.5 Å². The Balaban J connectivity index is 0.00000121. The third-order valence-electron chi connectivity index (χ3n) is 4.30. The van der Waals surface area contributed by atoms with Gasteiger partial charge in [-0.3, -0.25) is 0 Å². The Morgan fingerprint density at radius 3 is 2.38 bits per heavy atom. The number of halogens is 2. The maximum Gasteiger partial charge on any atom is -1.00 e. The van der Waals surface area contributed by atoms with Crippen molar-refractivity contribution >= 4 is 20.2 Å². The summed E-state index contributed by atoms with van der Waals surface area (Å²) in [5.41, 5.74) is 4.01. The average Bonchev–Trinajstić information content (AvgIpc) is 3.17. The molecule has 0 unspecified atom stereocenters. The topological polar surface area (TPSA) is 9.23 Å². The summed E-state index contributed by atoms with van der Waals surface area (Å²) in [5.74, 6) is 0. The van der Waals surface area contributed by atoms with Crippen LogP contribution in [0.4, 0.5) is 0 Å². The molecule has 4 heteroatoms. The molecular weight excluding hydrogens is 399 g/mol. The second-order valence-electron chi connectivity index (χ2n) is 5.91. The van der Waals surface area contributed by atoms with Crippen LogP contribution in [0.5, 0.6) is 0 Å². The zero-order chi connectivity index (χ0) is 16.2. The van der Waals surface area contributed by atoms with Gasteiger partial charge in [0.25, 0.3) is 0 Å². The Bertz CT molecular complexity index is 920. The summed E-state index contributed by atoms with van der Waals surface area (Å²) in [6.45, 7) is 0.695. The average molecular weight is 417 g/mol. The van der Waals surface area contributed by atoms with Gasteiger partial charge < -0.3 is 24.8 Å². The van der Waals surface area contributed by atoms with E-state index in [1.807, 2.05) is 6.07 Å². The van der Waals surface area contributed by atoms with E-state index in [4.69, 9.17) is 3.32 Å². The number of benzene rings is 3. The summed E-state index contributed by atoms with van der Waals surface area (Å²) in [6.07, 6.45) is 7.63. The monoisotopic (exact) mass is 416 g/mol. The van der Waals surface area contributed by atoms with Gasteiger partial charge in [0.15, 0.2) is 0 Å². The van der Waals surface area contributed by atoms with E-state index < -0.39 is 19.5 Å². The zero-order valence-corrected chi connectivity index (χ0v) is 17.2. The van der Waals surface area contributed by atoms with Crippen LogP contribution in [-0.2, 0) is 29.5 Å². The second kappa shape index (κ2) is 10.1. The Morgan fingerprint density at radius 1 is 0.846 bits per heavy atom. The maximum absolute atomic E-state index is 6.19. The van der Waals surface area contributed by atoms with Crippen LogP contribution in [0.2, 0.25) is 0 Å². The predicted octanol–water partition coefficient (Wildman–Crippen LogP) is -0.969. The van der Waals surface area contributed by atoms with E-state index in [9.17, 15) is 0 Å². The quantitative estimate of drug-likeness (QED) is 0.486. The van der Waals surface area contributed by atoms with E-state index in [2.05, 4.69) is 78.9 Å². The van der Waals surface area contributed by atoms with Crippen LogP contribution >= 0.6 is 0 Å². The van der Waals surface area contributed by atoms with Crippen molar-refractivity contribution in [1.29, 1.82) is 0 Å². The van der Waals surface area contributed by atoms with Gasteiger partial charge in [-0.2, -0.15) is 0 Å². The fourth-order valence-corrected chi connectivity index (χ4v) is 4.74. The van der Waals surface area contributed by atoms with Gasteiger partial charge in [-0.05, 0) is 0 Å². The first-order valence-electron chi connectivity index (χ1n) is 8.21. The normalized spacial score (nSPS) is 12.1. The summed E-state index contributed by atoms with van der Waals surface area (Å²) < 4.78 is 7.61. The Kier molecular flexibility index (Phi) is 8.15. The number of rotatable bonds is 5. The summed E-state index contributed by atoms with van der Waals surface area (Å²) in [7, 11) is 0. The molecule has 0 atom stereocenters. The molecule has 0 bridgehead atoms. The van der Waals surface area contributed by atoms with E-state index in [1.165, 1.54) is 31.3 Å². The smallest absolute Gasteiger partial charge is 1.00 e. The van der Waals surface area contributed by atoms with E-state index in [1.54, 1.807) is 0 Å². The maximum atomic E-state index is 6.19. The van der Waals surface area contributed by atoms with Gasteiger partial charge >= 0.3 is 152 Å². The minimum absolute atomic E-state index is 0. The molecule has 1 nitrogen and oxygen atoms in total. The minimum atomic E-state index is -0.665.